The van der Waals surface area contributed by atoms with Gasteiger partial charge in [0.15, 0.2) is 0 Å². The van der Waals surface area contributed by atoms with Crippen LogP contribution in [0.5, 0.6) is 0 Å². The Balaban J connectivity index is 1.76. The number of carbonyl (C=O) groups excluding carboxylic acids is 2. The maximum atomic E-state index is 11.9. The first kappa shape index (κ1) is 15.3. The van der Waals surface area contributed by atoms with Crippen LogP contribution in [0.25, 0.3) is 6.08 Å². The van der Waals surface area contributed by atoms with Gasteiger partial charge in [-0.2, -0.15) is 0 Å². The van der Waals surface area contributed by atoms with Crippen LogP contribution in [0.3, 0.4) is 0 Å². The summed E-state index contributed by atoms with van der Waals surface area (Å²) in [6.07, 6.45) is 4.88. The van der Waals surface area contributed by atoms with Crippen LogP contribution >= 0.6 is 0 Å². The van der Waals surface area contributed by atoms with E-state index in [1.54, 1.807) is 6.08 Å². The summed E-state index contributed by atoms with van der Waals surface area (Å²) in [6, 6.07) is 7.44. The average Bonchev–Trinajstić information content (AvgIpc) is 2.50. The fraction of sp³-hybridized carbons (Fsp3) is 0.375. The molecule has 0 aromatic heterocycles. The number of hydrogen-bond acceptors (Lipinski definition) is 3. The third-order valence-electron chi connectivity index (χ3n) is 3.51. The molecule has 112 valence electrons. The highest BCUT2D eigenvalue weighted by Gasteiger charge is 2.21. The summed E-state index contributed by atoms with van der Waals surface area (Å²) in [7, 11) is 0. The fourth-order valence-corrected chi connectivity index (χ4v) is 2.23. The Morgan fingerprint density at radius 1 is 1.19 bits per heavy atom. The van der Waals surface area contributed by atoms with Gasteiger partial charge in [0, 0.05) is 12.1 Å². The van der Waals surface area contributed by atoms with Crippen LogP contribution in [-0.4, -0.2) is 25.0 Å². The molecule has 0 atom stereocenters. The first-order valence-electron chi connectivity index (χ1n) is 7.20. The van der Waals surface area contributed by atoms with Crippen molar-refractivity contribution in [3.8, 4) is 0 Å². The van der Waals surface area contributed by atoms with Gasteiger partial charge in [-0.1, -0.05) is 29.8 Å². The van der Waals surface area contributed by atoms with Crippen molar-refractivity contribution in [2.45, 2.75) is 19.8 Å². The number of carbonyl (C=O) groups is 2. The fourth-order valence-electron chi connectivity index (χ4n) is 2.23. The normalized spacial score (nSPS) is 15.9. The number of benzene rings is 1. The Morgan fingerprint density at radius 2 is 1.86 bits per heavy atom. The topological polar surface area (TPSA) is 70.2 Å². The molecule has 2 rings (SSSR count). The van der Waals surface area contributed by atoms with E-state index in [0.29, 0.717) is 0 Å². The minimum absolute atomic E-state index is 0.0712. The highest BCUT2D eigenvalue weighted by atomic mass is 16.2. The Labute approximate surface area is 124 Å². The van der Waals surface area contributed by atoms with Gasteiger partial charge in [-0.25, -0.2) is 4.79 Å². The number of nitrogens with one attached hydrogen (secondary N) is 3. The van der Waals surface area contributed by atoms with Crippen LogP contribution in [0.15, 0.2) is 30.5 Å². The Bertz CT molecular complexity index is 517. The smallest absolute Gasteiger partial charge is 0.317 e. The van der Waals surface area contributed by atoms with Crippen molar-refractivity contribution in [3.63, 3.8) is 0 Å². The summed E-state index contributed by atoms with van der Waals surface area (Å²) in [5, 5.41) is 8.11. The van der Waals surface area contributed by atoms with Crippen molar-refractivity contribution in [3.05, 3.63) is 41.6 Å². The van der Waals surface area contributed by atoms with Crippen molar-refractivity contribution in [1.29, 1.82) is 0 Å². The molecule has 0 radical (unpaired) electrons. The Kier molecular flexibility index (Phi) is 5.51. The first-order valence-corrected chi connectivity index (χ1v) is 7.20. The lowest BCUT2D eigenvalue weighted by Crippen LogP contribution is -2.43. The highest BCUT2D eigenvalue weighted by molar-refractivity contribution is 5.96. The first-order chi connectivity index (χ1) is 10.1. The molecule has 1 aromatic rings. The molecule has 1 aliphatic heterocycles. The average molecular weight is 287 g/mol. The number of piperidine rings is 1. The predicted molar refractivity (Wildman–Crippen MR) is 82.5 cm³/mol. The molecule has 5 heteroatoms. The van der Waals surface area contributed by atoms with Gasteiger partial charge in [-0.3, -0.25) is 10.1 Å². The molecule has 0 saturated carbocycles. The lowest BCUT2D eigenvalue weighted by molar-refractivity contribution is -0.124. The third-order valence-corrected chi connectivity index (χ3v) is 3.51. The minimum Gasteiger partial charge on any atom is -0.317 e. The molecule has 0 spiro atoms. The lowest BCUT2D eigenvalue weighted by Gasteiger charge is -2.21. The van der Waals surface area contributed by atoms with E-state index in [-0.39, 0.29) is 11.8 Å². The summed E-state index contributed by atoms with van der Waals surface area (Å²) in [6.45, 7) is 3.67. The summed E-state index contributed by atoms with van der Waals surface area (Å²) in [4.78, 5) is 23.5. The van der Waals surface area contributed by atoms with Crippen LogP contribution < -0.4 is 16.0 Å². The van der Waals surface area contributed by atoms with Gasteiger partial charge in [-0.05, 0) is 44.5 Å². The molecule has 0 bridgehead atoms. The van der Waals surface area contributed by atoms with Crippen molar-refractivity contribution >= 4 is 18.0 Å². The molecule has 1 aliphatic rings. The summed E-state index contributed by atoms with van der Waals surface area (Å²) in [5.74, 6) is -0.268. The second kappa shape index (κ2) is 7.59. The van der Waals surface area contributed by atoms with Crippen molar-refractivity contribution < 1.29 is 9.59 Å². The van der Waals surface area contributed by atoms with Gasteiger partial charge >= 0.3 is 6.03 Å². The van der Waals surface area contributed by atoms with Crippen LogP contribution in [0.2, 0.25) is 0 Å². The zero-order valence-corrected chi connectivity index (χ0v) is 12.2. The van der Waals surface area contributed by atoms with Crippen LogP contribution in [0, 0.1) is 12.8 Å². The number of amides is 3. The molecule has 1 fully saturated rings. The van der Waals surface area contributed by atoms with E-state index in [9.17, 15) is 9.59 Å². The molecule has 3 N–H and O–H groups in total. The second-order valence-electron chi connectivity index (χ2n) is 5.23. The lowest BCUT2D eigenvalue weighted by atomic mass is 9.97. The van der Waals surface area contributed by atoms with Gasteiger partial charge < -0.3 is 10.6 Å². The standard InChI is InChI=1S/C16H21N3O2/c1-12-2-4-13(5-3-12)6-11-18-16(21)19-15(20)14-7-9-17-10-8-14/h2-6,11,14,17H,7-10H2,1H3,(H2,18,19,20,21)/b11-6+. The molecular weight excluding hydrogens is 266 g/mol. The van der Waals surface area contributed by atoms with Gasteiger partial charge in [0.1, 0.15) is 0 Å². The predicted octanol–water partition coefficient (Wildman–Crippen LogP) is 1.79. The number of imide groups is 1. The quantitative estimate of drug-likeness (QED) is 0.794. The summed E-state index contributed by atoms with van der Waals surface area (Å²) < 4.78 is 0. The van der Waals surface area contributed by atoms with Crippen LogP contribution in [0.1, 0.15) is 24.0 Å². The van der Waals surface area contributed by atoms with Crippen LogP contribution in [0.4, 0.5) is 4.79 Å². The van der Waals surface area contributed by atoms with E-state index in [0.717, 1.165) is 31.5 Å². The Hall–Kier alpha value is -2.14. The van der Waals surface area contributed by atoms with E-state index in [4.69, 9.17) is 0 Å². The van der Waals surface area contributed by atoms with E-state index in [1.807, 2.05) is 31.2 Å². The zero-order chi connectivity index (χ0) is 15.1. The monoisotopic (exact) mass is 287 g/mol. The number of aryl methyl sites for hydroxylation is 1. The third kappa shape index (κ3) is 5.04. The van der Waals surface area contributed by atoms with Crippen molar-refractivity contribution in [1.82, 2.24) is 16.0 Å². The van der Waals surface area contributed by atoms with Crippen LogP contribution in [-0.2, 0) is 4.79 Å². The molecule has 1 saturated heterocycles. The van der Waals surface area contributed by atoms with E-state index < -0.39 is 6.03 Å². The van der Waals surface area contributed by atoms with Gasteiger partial charge in [0.05, 0.1) is 0 Å². The number of rotatable bonds is 3. The van der Waals surface area contributed by atoms with Gasteiger partial charge in [-0.15, -0.1) is 0 Å². The van der Waals surface area contributed by atoms with Gasteiger partial charge in [0.25, 0.3) is 0 Å². The van der Waals surface area contributed by atoms with E-state index >= 15 is 0 Å². The molecule has 0 unspecified atom stereocenters. The second-order valence-corrected chi connectivity index (χ2v) is 5.23. The van der Waals surface area contributed by atoms with Gasteiger partial charge in [0.2, 0.25) is 5.91 Å². The zero-order valence-electron chi connectivity index (χ0n) is 12.2. The molecular formula is C16H21N3O2. The molecule has 0 aliphatic carbocycles. The maximum Gasteiger partial charge on any atom is 0.325 e. The summed E-state index contributed by atoms with van der Waals surface area (Å²) in [5.41, 5.74) is 2.18. The highest BCUT2D eigenvalue weighted by Crippen LogP contribution is 2.11. The van der Waals surface area contributed by atoms with Crippen molar-refractivity contribution in [2.75, 3.05) is 13.1 Å². The Morgan fingerprint density at radius 3 is 2.52 bits per heavy atom. The molecule has 1 heterocycles. The molecule has 5 nitrogen and oxygen atoms in total. The maximum absolute atomic E-state index is 11.9. The number of urea groups is 1. The largest absolute Gasteiger partial charge is 0.325 e. The van der Waals surface area contributed by atoms with E-state index in [1.165, 1.54) is 11.8 Å². The van der Waals surface area contributed by atoms with E-state index in [2.05, 4.69) is 16.0 Å². The summed E-state index contributed by atoms with van der Waals surface area (Å²) >= 11 is 0. The van der Waals surface area contributed by atoms with Crippen molar-refractivity contribution in [2.24, 2.45) is 5.92 Å². The molecule has 3 amide bonds. The minimum atomic E-state index is -0.484. The SMILES string of the molecule is Cc1ccc(/C=C/NC(=O)NC(=O)C2CCNCC2)cc1. The molecule has 21 heavy (non-hydrogen) atoms. The molecule has 1 aromatic carbocycles. The number of hydrogen-bond donors (Lipinski definition) is 3.